The van der Waals surface area contributed by atoms with Crippen LogP contribution in [0.2, 0.25) is 0 Å². The van der Waals surface area contributed by atoms with Gasteiger partial charge in [-0.05, 0) is 60.3 Å². The molecule has 3 N–H and O–H groups in total. The van der Waals surface area contributed by atoms with Crippen molar-refractivity contribution in [2.45, 2.75) is 127 Å². The van der Waals surface area contributed by atoms with Crippen LogP contribution in [0.4, 0.5) is 4.79 Å². The van der Waals surface area contributed by atoms with Gasteiger partial charge in [-0.2, -0.15) is 0 Å². The van der Waals surface area contributed by atoms with E-state index < -0.39 is 60.2 Å². The largest absolute Gasteiger partial charge is 0.462 e. The number of alkyl carbamates (subject to hydrolysis) is 1. The van der Waals surface area contributed by atoms with Crippen molar-refractivity contribution in [2.24, 2.45) is 0 Å². The van der Waals surface area contributed by atoms with Gasteiger partial charge < -0.3 is 39.2 Å². The Labute approximate surface area is 188 Å². The quantitative estimate of drug-likeness (QED) is 0.506. The van der Waals surface area contributed by atoms with Gasteiger partial charge in [-0.3, -0.25) is 4.79 Å². The second-order valence-electron chi connectivity index (χ2n) is 10.3. The number of carbonyl (C=O) groups is 2. The molecule has 3 rings (SSSR count). The van der Waals surface area contributed by atoms with Crippen LogP contribution >= 0.6 is 0 Å². The van der Waals surface area contributed by atoms with E-state index in [-0.39, 0.29) is 12.5 Å². The molecule has 0 aromatic carbocycles. The van der Waals surface area contributed by atoms with Gasteiger partial charge >= 0.3 is 12.1 Å². The number of amides is 1. The molecule has 0 radical (unpaired) electrons. The fourth-order valence-electron chi connectivity index (χ4n) is 4.37. The van der Waals surface area contributed by atoms with Crippen molar-refractivity contribution in [3.8, 4) is 0 Å². The first kappa shape index (κ1) is 25.2. The summed E-state index contributed by atoms with van der Waals surface area (Å²) >= 11 is 0. The molecule has 0 bridgehead atoms. The van der Waals surface area contributed by atoms with Gasteiger partial charge in [0.05, 0.1) is 18.6 Å². The number of aliphatic hydroxyl groups excluding tert-OH is 2. The summed E-state index contributed by atoms with van der Waals surface area (Å²) in [4.78, 5) is 24.9. The van der Waals surface area contributed by atoms with Gasteiger partial charge in [0.25, 0.3) is 0 Å². The van der Waals surface area contributed by atoms with Crippen molar-refractivity contribution in [2.75, 3.05) is 0 Å². The Morgan fingerprint density at radius 2 is 1.88 bits per heavy atom. The predicted octanol–water partition coefficient (Wildman–Crippen LogP) is 1.74. The van der Waals surface area contributed by atoms with Crippen LogP contribution in [0, 0.1) is 0 Å². The molecular weight excluding hydrogens is 424 g/mol. The first-order chi connectivity index (χ1) is 14.8. The Morgan fingerprint density at radius 1 is 1.22 bits per heavy atom. The molecule has 1 aliphatic carbocycles. The van der Waals surface area contributed by atoms with E-state index in [0.717, 1.165) is 32.1 Å². The zero-order valence-corrected chi connectivity index (χ0v) is 19.5. The monoisotopic (exact) mass is 461 g/mol. The summed E-state index contributed by atoms with van der Waals surface area (Å²) in [5.41, 5.74) is -0.776. The van der Waals surface area contributed by atoms with E-state index >= 15 is 0 Å². The predicted molar refractivity (Wildman–Crippen MR) is 111 cm³/mol. The van der Waals surface area contributed by atoms with E-state index in [2.05, 4.69) is 5.32 Å². The summed E-state index contributed by atoms with van der Waals surface area (Å²) < 4.78 is 27.9. The second-order valence-corrected chi connectivity index (χ2v) is 10.3. The van der Waals surface area contributed by atoms with Crippen molar-refractivity contribution in [3.05, 3.63) is 0 Å². The van der Waals surface area contributed by atoms with Crippen molar-refractivity contribution in [1.82, 2.24) is 5.32 Å². The number of hydrogen-bond acceptors (Lipinski definition) is 9. The number of esters is 1. The van der Waals surface area contributed by atoms with E-state index in [1.807, 2.05) is 0 Å². The molecule has 6 atom stereocenters. The lowest BCUT2D eigenvalue weighted by Gasteiger charge is -2.33. The van der Waals surface area contributed by atoms with Gasteiger partial charge in [0.15, 0.2) is 12.1 Å². The molecule has 10 heteroatoms. The molecule has 10 nitrogen and oxygen atoms in total. The Balaban J connectivity index is 1.67. The Kier molecular flexibility index (Phi) is 7.71. The van der Waals surface area contributed by atoms with E-state index in [4.69, 9.17) is 23.7 Å². The smallest absolute Gasteiger partial charge is 0.408 e. The first-order valence-corrected chi connectivity index (χ1v) is 11.4. The molecule has 0 aromatic rings. The highest BCUT2D eigenvalue weighted by molar-refractivity contribution is 5.71. The van der Waals surface area contributed by atoms with Gasteiger partial charge in [-0.25, -0.2) is 4.79 Å². The highest BCUT2D eigenvalue weighted by Gasteiger charge is 2.57. The summed E-state index contributed by atoms with van der Waals surface area (Å²) in [7, 11) is 0. The number of ether oxygens (including phenoxy) is 5. The minimum atomic E-state index is -1.38. The molecule has 184 valence electrons. The summed E-state index contributed by atoms with van der Waals surface area (Å²) in [6.45, 7) is 8.50. The maximum Gasteiger partial charge on any atom is 0.408 e. The Bertz CT molecular complexity index is 671. The van der Waals surface area contributed by atoms with E-state index in [0.29, 0.717) is 0 Å². The standard InChI is InChI=1S/C22H37NO9/c1-21(2,3)32-20(27)23-15(13(24)11-14(25)28-12-9-7-6-8-10-12)17-16(26)18-19(29-17)31-22(4,5)30-18/h12-13,15-19,24,26H,6-11H2,1-5H3,(H,23,27)/t13-,15-,16+,17-,18-,19-/m1/s1/i14+2. The lowest BCUT2D eigenvalue weighted by molar-refractivity contribution is -0.220. The number of carbonyl (C=O) groups excluding carboxylic acids is 2. The average molecular weight is 462 g/mol. The van der Waals surface area contributed by atoms with Crippen LogP contribution in [-0.2, 0) is 28.5 Å². The Hall–Kier alpha value is -1.46. The minimum absolute atomic E-state index is 0.155. The van der Waals surface area contributed by atoms with Crippen LogP contribution < -0.4 is 5.32 Å². The normalized spacial score (nSPS) is 32.1. The van der Waals surface area contributed by atoms with Crippen molar-refractivity contribution >= 4 is 12.1 Å². The summed E-state index contributed by atoms with van der Waals surface area (Å²) in [6, 6.07) is -1.15. The van der Waals surface area contributed by atoms with Crippen LogP contribution in [0.25, 0.3) is 0 Å². The van der Waals surface area contributed by atoms with E-state index in [9.17, 15) is 19.8 Å². The lowest BCUT2D eigenvalue weighted by Crippen LogP contribution is -2.56. The Morgan fingerprint density at radius 3 is 2.47 bits per heavy atom. The number of fused-ring (bicyclic) bond motifs is 1. The summed E-state index contributed by atoms with van der Waals surface area (Å²) in [6.07, 6.45) is -1.91. The topological polar surface area (TPSA) is 133 Å². The van der Waals surface area contributed by atoms with Crippen LogP contribution in [0.3, 0.4) is 0 Å². The van der Waals surface area contributed by atoms with Crippen LogP contribution in [0.1, 0.15) is 73.1 Å². The highest BCUT2D eigenvalue weighted by atomic mass is 16.8. The minimum Gasteiger partial charge on any atom is -0.462 e. The van der Waals surface area contributed by atoms with Crippen molar-refractivity contribution < 1.29 is 43.5 Å². The highest BCUT2D eigenvalue weighted by Crippen LogP contribution is 2.39. The van der Waals surface area contributed by atoms with Crippen molar-refractivity contribution in [3.63, 3.8) is 0 Å². The van der Waals surface area contributed by atoms with E-state index in [1.165, 1.54) is 0 Å². The molecular formula is C22H37NO9. The summed E-state index contributed by atoms with van der Waals surface area (Å²) in [5, 5.41) is 24.2. The third-order valence-corrected chi connectivity index (χ3v) is 5.73. The molecule has 3 aliphatic rings. The van der Waals surface area contributed by atoms with Gasteiger partial charge in [-0.1, -0.05) is 6.42 Å². The molecule has 32 heavy (non-hydrogen) atoms. The third-order valence-electron chi connectivity index (χ3n) is 5.73. The SMILES string of the molecule is CC(C)(C)OC(=O)N[C@@H]([C@H]1O[C@@H]2OC(C)(C)O[C@@H]2[C@H]1O)[C@H](O)C[14C](=O)OC1CCCCC1. The van der Waals surface area contributed by atoms with Gasteiger partial charge in [0.2, 0.25) is 0 Å². The molecule has 1 saturated carbocycles. The fourth-order valence-corrected chi connectivity index (χ4v) is 4.37. The summed E-state index contributed by atoms with van der Waals surface area (Å²) in [5.74, 6) is -1.50. The molecule has 2 heterocycles. The first-order valence-electron chi connectivity index (χ1n) is 11.4. The van der Waals surface area contributed by atoms with E-state index in [1.54, 1.807) is 34.6 Å². The zero-order chi connectivity index (χ0) is 23.7. The molecule has 0 spiro atoms. The number of nitrogens with one attached hydrogen (secondary N) is 1. The van der Waals surface area contributed by atoms with Gasteiger partial charge in [0.1, 0.15) is 30.0 Å². The number of rotatable bonds is 6. The molecule has 3 fully saturated rings. The second kappa shape index (κ2) is 9.80. The lowest BCUT2D eigenvalue weighted by atomic mass is 9.98. The molecule has 0 unspecified atom stereocenters. The maximum absolute atomic E-state index is 12.4. The van der Waals surface area contributed by atoms with Gasteiger partial charge in [0, 0.05) is 0 Å². The van der Waals surface area contributed by atoms with Crippen molar-refractivity contribution in [1.29, 1.82) is 0 Å². The number of aliphatic hydroxyl groups is 2. The average Bonchev–Trinajstić information content (AvgIpc) is 3.11. The van der Waals surface area contributed by atoms with Crippen LogP contribution in [0.15, 0.2) is 0 Å². The molecule has 2 aliphatic heterocycles. The molecule has 0 aromatic heterocycles. The maximum atomic E-state index is 12.4. The molecule has 1 amide bonds. The number of hydrogen-bond donors (Lipinski definition) is 3. The van der Waals surface area contributed by atoms with Crippen LogP contribution in [0.5, 0.6) is 0 Å². The fraction of sp³-hybridized carbons (Fsp3) is 0.909. The molecule has 2 saturated heterocycles. The van der Waals surface area contributed by atoms with Gasteiger partial charge in [-0.15, -0.1) is 0 Å². The zero-order valence-electron chi connectivity index (χ0n) is 19.5. The third kappa shape index (κ3) is 6.54. The van der Waals surface area contributed by atoms with Crippen LogP contribution in [-0.4, -0.2) is 76.5 Å².